The smallest absolute Gasteiger partial charge is 0.123 e. The minimum atomic E-state index is 0.767. The maximum absolute atomic E-state index is 4.75. The van der Waals surface area contributed by atoms with Crippen LogP contribution in [0.25, 0.3) is 22.3 Å². The lowest BCUT2D eigenvalue weighted by molar-refractivity contribution is 0.701. The van der Waals surface area contributed by atoms with Crippen LogP contribution in [0.5, 0.6) is 0 Å². The summed E-state index contributed by atoms with van der Waals surface area (Å²) in [5.41, 5.74) is 5.46. The Morgan fingerprint density at radius 3 is 2.80 bits per heavy atom. The van der Waals surface area contributed by atoms with E-state index in [-0.39, 0.29) is 0 Å². The van der Waals surface area contributed by atoms with E-state index in [0.717, 1.165) is 34.7 Å². The molecule has 0 radical (unpaired) electrons. The van der Waals surface area contributed by atoms with Gasteiger partial charge in [0.05, 0.1) is 29.6 Å². The van der Waals surface area contributed by atoms with Crippen LogP contribution in [0.15, 0.2) is 24.5 Å². The zero-order valence-corrected chi connectivity index (χ0v) is 12.3. The van der Waals surface area contributed by atoms with Crippen molar-refractivity contribution >= 4 is 11.0 Å². The van der Waals surface area contributed by atoms with E-state index in [2.05, 4.69) is 47.0 Å². The van der Waals surface area contributed by atoms with Gasteiger partial charge in [-0.3, -0.25) is 0 Å². The third-order valence-electron chi connectivity index (χ3n) is 3.81. The second-order valence-electron chi connectivity index (χ2n) is 5.11. The molecular weight excluding hydrogens is 250 g/mol. The van der Waals surface area contributed by atoms with Gasteiger partial charge in [-0.2, -0.15) is 0 Å². The van der Waals surface area contributed by atoms with E-state index >= 15 is 0 Å². The van der Waals surface area contributed by atoms with Crippen LogP contribution in [0.3, 0.4) is 0 Å². The Balaban J connectivity index is 2.12. The molecule has 1 N–H and O–H groups in total. The highest BCUT2D eigenvalue weighted by atomic mass is 15.1. The van der Waals surface area contributed by atoms with Crippen molar-refractivity contribution in [2.24, 2.45) is 14.1 Å². The summed E-state index contributed by atoms with van der Waals surface area (Å²) < 4.78 is 4.16. The highest BCUT2D eigenvalue weighted by Crippen LogP contribution is 2.26. The molecule has 104 valence electrons. The van der Waals surface area contributed by atoms with E-state index in [4.69, 9.17) is 4.98 Å². The molecule has 0 aliphatic rings. The van der Waals surface area contributed by atoms with Crippen molar-refractivity contribution in [2.45, 2.75) is 13.5 Å². The fraction of sp³-hybridized carbons (Fsp3) is 0.333. The van der Waals surface area contributed by atoms with Crippen LogP contribution in [0.2, 0.25) is 0 Å². The van der Waals surface area contributed by atoms with Gasteiger partial charge in [0.15, 0.2) is 0 Å². The topological polar surface area (TPSA) is 47.7 Å². The molecule has 2 heterocycles. The summed E-state index contributed by atoms with van der Waals surface area (Å²) in [5.74, 6) is 1.04. The van der Waals surface area contributed by atoms with E-state index in [1.807, 2.05) is 25.0 Å². The van der Waals surface area contributed by atoms with Gasteiger partial charge in [0.25, 0.3) is 0 Å². The predicted octanol–water partition coefficient (Wildman–Crippen LogP) is 2.00. The Hall–Kier alpha value is -2.14. The number of aromatic nitrogens is 4. The summed E-state index contributed by atoms with van der Waals surface area (Å²) in [6.45, 7) is 2.87. The van der Waals surface area contributed by atoms with Gasteiger partial charge in [0.1, 0.15) is 5.82 Å². The summed E-state index contributed by atoms with van der Waals surface area (Å²) in [4.78, 5) is 9.16. The molecule has 5 nitrogen and oxygen atoms in total. The molecular formula is C15H19N5. The minimum Gasteiger partial charge on any atom is -0.334 e. The third kappa shape index (κ3) is 1.91. The fourth-order valence-electron chi connectivity index (χ4n) is 2.51. The fourth-order valence-corrected chi connectivity index (χ4v) is 2.51. The van der Waals surface area contributed by atoms with Gasteiger partial charge in [-0.25, -0.2) is 9.97 Å². The Morgan fingerprint density at radius 1 is 1.25 bits per heavy atom. The van der Waals surface area contributed by atoms with Crippen molar-refractivity contribution in [2.75, 3.05) is 7.05 Å². The lowest BCUT2D eigenvalue weighted by Crippen LogP contribution is -2.10. The Morgan fingerprint density at radius 2 is 2.05 bits per heavy atom. The average molecular weight is 269 g/mol. The number of hydrogen-bond acceptors (Lipinski definition) is 3. The first-order chi connectivity index (χ1) is 9.61. The molecule has 0 aliphatic carbocycles. The molecule has 0 saturated carbocycles. The molecule has 0 bridgehead atoms. The van der Waals surface area contributed by atoms with Crippen molar-refractivity contribution in [1.29, 1.82) is 0 Å². The van der Waals surface area contributed by atoms with Crippen molar-refractivity contribution in [3.63, 3.8) is 0 Å². The average Bonchev–Trinajstić information content (AvgIpc) is 2.95. The second kappa shape index (κ2) is 4.76. The molecule has 5 heteroatoms. The molecule has 0 amide bonds. The Bertz CT molecular complexity index is 766. The molecule has 0 unspecified atom stereocenters. The molecule has 0 aliphatic heterocycles. The number of nitrogens with one attached hydrogen (secondary N) is 1. The van der Waals surface area contributed by atoms with Gasteiger partial charge >= 0.3 is 0 Å². The quantitative estimate of drug-likeness (QED) is 0.791. The SMILES string of the molecule is CNCc1nc(-c2ccc3c(c2)ncn3C)c(C)n1C. The van der Waals surface area contributed by atoms with Gasteiger partial charge in [0, 0.05) is 25.4 Å². The van der Waals surface area contributed by atoms with Gasteiger partial charge < -0.3 is 14.5 Å². The number of fused-ring (bicyclic) bond motifs is 1. The van der Waals surface area contributed by atoms with Crippen LogP contribution in [-0.4, -0.2) is 26.1 Å². The molecule has 20 heavy (non-hydrogen) atoms. The second-order valence-corrected chi connectivity index (χ2v) is 5.11. The monoisotopic (exact) mass is 269 g/mol. The zero-order chi connectivity index (χ0) is 14.3. The molecule has 0 atom stereocenters. The van der Waals surface area contributed by atoms with Crippen molar-refractivity contribution in [3.05, 3.63) is 36.0 Å². The summed E-state index contributed by atoms with van der Waals surface area (Å²) in [6.07, 6.45) is 1.84. The first kappa shape index (κ1) is 12.9. The van der Waals surface area contributed by atoms with Gasteiger partial charge in [-0.1, -0.05) is 6.07 Å². The number of rotatable bonds is 3. The summed E-state index contributed by atoms with van der Waals surface area (Å²) >= 11 is 0. The first-order valence-electron chi connectivity index (χ1n) is 6.70. The number of hydrogen-bond donors (Lipinski definition) is 1. The normalized spacial score (nSPS) is 11.4. The highest BCUT2D eigenvalue weighted by molar-refractivity contribution is 5.81. The largest absolute Gasteiger partial charge is 0.334 e. The van der Waals surface area contributed by atoms with Crippen molar-refractivity contribution in [3.8, 4) is 11.3 Å². The van der Waals surface area contributed by atoms with Crippen LogP contribution in [0.1, 0.15) is 11.5 Å². The first-order valence-corrected chi connectivity index (χ1v) is 6.70. The Kier molecular flexibility index (Phi) is 3.06. The van der Waals surface area contributed by atoms with Crippen molar-refractivity contribution < 1.29 is 0 Å². The number of aryl methyl sites for hydroxylation is 1. The van der Waals surface area contributed by atoms with E-state index in [9.17, 15) is 0 Å². The molecule has 0 spiro atoms. The van der Waals surface area contributed by atoms with Crippen LogP contribution >= 0.6 is 0 Å². The van der Waals surface area contributed by atoms with E-state index in [0.29, 0.717) is 0 Å². The van der Waals surface area contributed by atoms with E-state index < -0.39 is 0 Å². The molecule has 1 aromatic carbocycles. The van der Waals surface area contributed by atoms with Crippen LogP contribution in [-0.2, 0) is 20.6 Å². The number of benzene rings is 1. The number of imidazole rings is 2. The summed E-state index contributed by atoms with van der Waals surface area (Å²) in [6, 6.07) is 6.32. The van der Waals surface area contributed by atoms with Gasteiger partial charge in [0.2, 0.25) is 0 Å². The van der Waals surface area contributed by atoms with E-state index in [1.54, 1.807) is 0 Å². The molecule has 3 rings (SSSR count). The highest BCUT2D eigenvalue weighted by Gasteiger charge is 2.13. The molecule has 3 aromatic rings. The lowest BCUT2D eigenvalue weighted by Gasteiger charge is -2.02. The molecule has 0 saturated heterocycles. The maximum Gasteiger partial charge on any atom is 0.123 e. The standard InChI is InChI=1S/C15H19N5/c1-10-15(18-14(8-16-2)20(10)4)11-5-6-13-12(7-11)17-9-19(13)3/h5-7,9,16H,8H2,1-4H3. The number of nitrogens with zero attached hydrogens (tertiary/aromatic N) is 4. The molecule has 0 fully saturated rings. The van der Waals surface area contributed by atoms with Gasteiger partial charge in [-0.05, 0) is 26.1 Å². The summed E-state index contributed by atoms with van der Waals surface area (Å²) in [7, 11) is 5.99. The van der Waals surface area contributed by atoms with Crippen LogP contribution < -0.4 is 5.32 Å². The van der Waals surface area contributed by atoms with Crippen molar-refractivity contribution in [1.82, 2.24) is 24.4 Å². The minimum absolute atomic E-state index is 0.767. The van der Waals surface area contributed by atoms with E-state index in [1.165, 1.54) is 5.69 Å². The molecule has 2 aromatic heterocycles. The third-order valence-corrected chi connectivity index (χ3v) is 3.81. The zero-order valence-electron chi connectivity index (χ0n) is 12.3. The lowest BCUT2D eigenvalue weighted by atomic mass is 10.1. The maximum atomic E-state index is 4.75. The van der Waals surface area contributed by atoms with Crippen LogP contribution in [0, 0.1) is 6.92 Å². The Labute approximate surface area is 118 Å². The van der Waals surface area contributed by atoms with Crippen LogP contribution in [0.4, 0.5) is 0 Å². The van der Waals surface area contributed by atoms with Gasteiger partial charge in [-0.15, -0.1) is 0 Å². The summed E-state index contributed by atoms with van der Waals surface area (Å²) in [5, 5.41) is 3.15. The predicted molar refractivity (Wildman–Crippen MR) is 80.4 cm³/mol.